The maximum Gasteiger partial charge on any atom is 0.311 e. The van der Waals surface area contributed by atoms with Crippen LogP contribution in [0.4, 0.5) is 0 Å². The van der Waals surface area contributed by atoms with Gasteiger partial charge in [0.05, 0.1) is 15.4 Å². The largest absolute Gasteiger partial charge is 0.451 e. The Morgan fingerprint density at radius 2 is 2.18 bits per heavy atom. The van der Waals surface area contributed by atoms with E-state index in [4.69, 9.17) is 0 Å². The van der Waals surface area contributed by atoms with Crippen LogP contribution in [0, 0.1) is 5.92 Å². The van der Waals surface area contributed by atoms with Crippen LogP contribution in [0.15, 0.2) is 0 Å². The highest BCUT2D eigenvalue weighted by Gasteiger charge is 2.15. The van der Waals surface area contributed by atoms with E-state index >= 15 is 0 Å². The van der Waals surface area contributed by atoms with Gasteiger partial charge in [-0.25, -0.2) is 0 Å². The van der Waals surface area contributed by atoms with E-state index in [2.05, 4.69) is 11.4 Å². The zero-order valence-electron chi connectivity index (χ0n) is 7.30. The molecule has 0 N–H and O–H groups in total. The predicted molar refractivity (Wildman–Crippen MR) is 49.1 cm³/mol. The lowest BCUT2D eigenvalue weighted by atomic mass is 10.00. The topological polar surface area (TPSA) is 26.3 Å². The van der Waals surface area contributed by atoms with Gasteiger partial charge in [-0.15, -0.1) is 0 Å². The fourth-order valence-electron chi connectivity index (χ4n) is 1.04. The van der Waals surface area contributed by atoms with Crippen LogP contribution in [-0.4, -0.2) is 5.97 Å². The Hall–Kier alpha value is -0.100. The summed E-state index contributed by atoms with van der Waals surface area (Å²) in [6.45, 7) is 4.14. The lowest BCUT2D eigenvalue weighted by molar-refractivity contribution is -0.138. The van der Waals surface area contributed by atoms with E-state index in [0.29, 0.717) is 0 Å². The third-order valence-electron chi connectivity index (χ3n) is 1.85. The molecule has 0 aromatic carbocycles. The van der Waals surface area contributed by atoms with Gasteiger partial charge in [0.1, 0.15) is 0 Å². The SMILES string of the molecule is CCCCC(CC)C(=O)OP. The summed E-state index contributed by atoms with van der Waals surface area (Å²) >= 11 is 0. The lowest BCUT2D eigenvalue weighted by Gasteiger charge is -2.10. The second-order valence-corrected chi connectivity index (χ2v) is 2.92. The number of carbonyl (C=O) groups excluding carboxylic acids is 1. The molecule has 0 aliphatic rings. The molecule has 0 fully saturated rings. The van der Waals surface area contributed by atoms with Gasteiger partial charge in [0, 0.05) is 0 Å². The molecule has 0 saturated carbocycles. The summed E-state index contributed by atoms with van der Waals surface area (Å²) in [5, 5.41) is 0. The number of carbonyl (C=O) groups is 1. The van der Waals surface area contributed by atoms with Gasteiger partial charge in [-0.2, -0.15) is 0 Å². The summed E-state index contributed by atoms with van der Waals surface area (Å²) in [7, 11) is 2.01. The zero-order valence-corrected chi connectivity index (χ0v) is 8.45. The van der Waals surface area contributed by atoms with Gasteiger partial charge in [0.2, 0.25) is 0 Å². The lowest BCUT2D eigenvalue weighted by Crippen LogP contribution is -2.12. The van der Waals surface area contributed by atoms with Gasteiger partial charge in [-0.1, -0.05) is 26.7 Å². The Morgan fingerprint density at radius 3 is 2.55 bits per heavy atom. The van der Waals surface area contributed by atoms with Crippen molar-refractivity contribution in [1.82, 2.24) is 0 Å². The molecule has 66 valence electrons. The number of hydrogen-bond acceptors (Lipinski definition) is 2. The summed E-state index contributed by atoms with van der Waals surface area (Å²) in [4.78, 5) is 11.0. The monoisotopic (exact) mass is 176 g/mol. The Morgan fingerprint density at radius 1 is 1.55 bits per heavy atom. The fourth-order valence-corrected chi connectivity index (χ4v) is 1.23. The van der Waals surface area contributed by atoms with Crippen LogP contribution in [0.1, 0.15) is 39.5 Å². The van der Waals surface area contributed by atoms with Crippen molar-refractivity contribution in [2.24, 2.45) is 5.92 Å². The second-order valence-electron chi connectivity index (χ2n) is 2.68. The first-order valence-electron chi connectivity index (χ1n) is 4.16. The fraction of sp³-hybridized carbons (Fsp3) is 0.875. The van der Waals surface area contributed by atoms with E-state index in [-0.39, 0.29) is 11.9 Å². The molecule has 0 saturated heterocycles. The summed E-state index contributed by atoms with van der Waals surface area (Å²) in [6, 6.07) is 0. The molecule has 0 aromatic heterocycles. The van der Waals surface area contributed by atoms with Crippen LogP contribution >= 0.6 is 9.47 Å². The number of unbranched alkanes of at least 4 members (excludes halogenated alkanes) is 1. The molecule has 0 spiro atoms. The Labute approximate surface area is 71.0 Å². The third-order valence-corrected chi connectivity index (χ3v) is 2.08. The van der Waals surface area contributed by atoms with Crippen molar-refractivity contribution in [3.05, 3.63) is 0 Å². The normalized spacial score (nSPS) is 12.6. The summed E-state index contributed by atoms with van der Waals surface area (Å²) in [5.41, 5.74) is 0. The highest BCUT2D eigenvalue weighted by Crippen LogP contribution is 2.15. The number of rotatable bonds is 5. The van der Waals surface area contributed by atoms with Crippen LogP contribution in [-0.2, 0) is 9.32 Å². The third kappa shape index (κ3) is 4.36. The molecule has 0 aliphatic carbocycles. The molecule has 0 amide bonds. The highest BCUT2D eigenvalue weighted by molar-refractivity contribution is 7.10. The van der Waals surface area contributed by atoms with Gasteiger partial charge in [-0.05, 0) is 12.8 Å². The first kappa shape index (κ1) is 10.9. The maximum absolute atomic E-state index is 11.0. The van der Waals surface area contributed by atoms with Crippen molar-refractivity contribution < 1.29 is 9.32 Å². The first-order chi connectivity index (χ1) is 5.26. The van der Waals surface area contributed by atoms with Gasteiger partial charge in [0.15, 0.2) is 0 Å². The minimum Gasteiger partial charge on any atom is -0.451 e. The second kappa shape index (κ2) is 6.60. The molecule has 2 atom stereocenters. The molecule has 0 radical (unpaired) electrons. The summed E-state index contributed by atoms with van der Waals surface area (Å²) in [5.74, 6) is 0.0124. The van der Waals surface area contributed by atoms with E-state index in [9.17, 15) is 4.79 Å². The average molecular weight is 176 g/mol. The molecule has 0 bridgehead atoms. The van der Waals surface area contributed by atoms with Crippen LogP contribution in [0.25, 0.3) is 0 Å². The van der Waals surface area contributed by atoms with Gasteiger partial charge in [-0.3, -0.25) is 4.79 Å². The van der Waals surface area contributed by atoms with Gasteiger partial charge < -0.3 is 4.52 Å². The zero-order chi connectivity index (χ0) is 8.69. The molecule has 3 heteroatoms. The van der Waals surface area contributed by atoms with Crippen molar-refractivity contribution in [3.8, 4) is 0 Å². The standard InChI is InChI=1S/C8H17O2P/c1-3-5-6-7(4-2)8(9)10-11/h7H,3-6,11H2,1-2H3. The van der Waals surface area contributed by atoms with Crippen molar-refractivity contribution in [2.75, 3.05) is 0 Å². The van der Waals surface area contributed by atoms with Crippen molar-refractivity contribution in [1.29, 1.82) is 0 Å². The molecule has 2 nitrogen and oxygen atoms in total. The Bertz CT molecular complexity index is 115. The van der Waals surface area contributed by atoms with Crippen LogP contribution < -0.4 is 0 Å². The van der Waals surface area contributed by atoms with E-state index in [0.717, 1.165) is 25.7 Å². The van der Waals surface area contributed by atoms with Crippen molar-refractivity contribution in [2.45, 2.75) is 39.5 Å². The maximum atomic E-state index is 11.0. The quantitative estimate of drug-likeness (QED) is 0.602. The van der Waals surface area contributed by atoms with E-state index in [1.165, 1.54) is 0 Å². The molecule has 0 aromatic rings. The molecule has 11 heavy (non-hydrogen) atoms. The van der Waals surface area contributed by atoms with Crippen LogP contribution in [0.2, 0.25) is 0 Å². The smallest absolute Gasteiger partial charge is 0.311 e. The molecular formula is C8H17O2P. The highest BCUT2D eigenvalue weighted by atomic mass is 31.0. The van der Waals surface area contributed by atoms with Crippen LogP contribution in [0.3, 0.4) is 0 Å². The molecule has 0 heterocycles. The number of hydrogen-bond donors (Lipinski definition) is 0. The van der Waals surface area contributed by atoms with E-state index in [1.54, 1.807) is 0 Å². The van der Waals surface area contributed by atoms with Crippen molar-refractivity contribution >= 4 is 15.4 Å². The van der Waals surface area contributed by atoms with E-state index in [1.807, 2.05) is 16.4 Å². The molecule has 0 aliphatic heterocycles. The van der Waals surface area contributed by atoms with Crippen LogP contribution in [0.5, 0.6) is 0 Å². The molecular weight excluding hydrogens is 159 g/mol. The Balaban J connectivity index is 3.65. The van der Waals surface area contributed by atoms with Crippen molar-refractivity contribution in [3.63, 3.8) is 0 Å². The molecule has 2 unspecified atom stereocenters. The van der Waals surface area contributed by atoms with Gasteiger partial charge >= 0.3 is 5.97 Å². The average Bonchev–Trinajstić information content (AvgIpc) is 2.05. The minimum absolute atomic E-state index is 0.0917. The van der Waals surface area contributed by atoms with E-state index < -0.39 is 0 Å². The minimum atomic E-state index is -0.0917. The summed E-state index contributed by atoms with van der Waals surface area (Å²) < 4.78 is 4.58. The Kier molecular flexibility index (Phi) is 6.54. The summed E-state index contributed by atoms with van der Waals surface area (Å²) in [6.07, 6.45) is 4.09. The van der Waals surface area contributed by atoms with Gasteiger partial charge in [0.25, 0.3) is 0 Å². The molecule has 0 rings (SSSR count). The predicted octanol–water partition coefficient (Wildman–Crippen LogP) is 2.54. The first-order valence-corrected chi connectivity index (χ1v) is 4.63.